The van der Waals surface area contributed by atoms with Gasteiger partial charge in [0.1, 0.15) is 11.4 Å². The number of ether oxygens (including phenoxy) is 1. The molecule has 0 atom stereocenters. The zero-order valence-corrected chi connectivity index (χ0v) is 11.6. The molecule has 0 bridgehead atoms. The van der Waals surface area contributed by atoms with Crippen LogP contribution in [0.1, 0.15) is 26.4 Å². The van der Waals surface area contributed by atoms with Crippen molar-refractivity contribution in [2.75, 3.05) is 12.4 Å². The third-order valence-corrected chi connectivity index (χ3v) is 2.90. The third kappa shape index (κ3) is 3.36. The minimum atomic E-state index is -1.13. The maximum absolute atomic E-state index is 12.0. The molecule has 1 aromatic heterocycles. The summed E-state index contributed by atoms with van der Waals surface area (Å²) in [5.74, 6) is -0.753. The molecule has 6 heteroatoms. The lowest BCUT2D eigenvalue weighted by Crippen LogP contribution is -2.13. The quantitative estimate of drug-likeness (QED) is 0.900. The summed E-state index contributed by atoms with van der Waals surface area (Å²) in [5, 5.41) is 11.5. The SMILES string of the molecule is COc1ccc(NC(=O)c2ccc(C(=O)O)nc2)cc1C. The molecule has 2 N–H and O–H groups in total. The fraction of sp³-hybridized carbons (Fsp3) is 0.133. The van der Waals surface area contributed by atoms with E-state index in [2.05, 4.69) is 10.3 Å². The number of amides is 1. The van der Waals surface area contributed by atoms with E-state index >= 15 is 0 Å². The number of nitrogens with zero attached hydrogens (tertiary/aromatic N) is 1. The number of aromatic carboxylic acids is 1. The summed E-state index contributed by atoms with van der Waals surface area (Å²) < 4.78 is 5.15. The maximum atomic E-state index is 12.0. The van der Waals surface area contributed by atoms with Crippen LogP contribution in [0.5, 0.6) is 5.75 Å². The first-order chi connectivity index (χ1) is 10.0. The van der Waals surface area contributed by atoms with Gasteiger partial charge in [-0.25, -0.2) is 9.78 Å². The van der Waals surface area contributed by atoms with Crippen molar-refractivity contribution in [2.24, 2.45) is 0 Å². The standard InChI is InChI=1S/C15H14N2O4/c1-9-7-11(4-6-13(9)21-2)17-14(18)10-3-5-12(15(19)20)16-8-10/h3-8H,1-2H3,(H,17,18)(H,19,20). The molecule has 0 aliphatic rings. The van der Waals surface area contributed by atoms with Crippen LogP contribution in [0.15, 0.2) is 36.5 Å². The second kappa shape index (κ2) is 6.04. The van der Waals surface area contributed by atoms with Gasteiger partial charge in [0, 0.05) is 11.9 Å². The molecule has 0 aliphatic heterocycles. The number of anilines is 1. The average molecular weight is 286 g/mol. The zero-order valence-electron chi connectivity index (χ0n) is 11.6. The number of hydrogen-bond donors (Lipinski definition) is 2. The predicted molar refractivity (Wildman–Crippen MR) is 76.9 cm³/mol. The molecule has 1 amide bonds. The smallest absolute Gasteiger partial charge is 0.354 e. The second-order valence-electron chi connectivity index (χ2n) is 4.38. The summed E-state index contributed by atoms with van der Waals surface area (Å²) in [4.78, 5) is 26.4. The Kier molecular flexibility index (Phi) is 4.18. The second-order valence-corrected chi connectivity index (χ2v) is 4.38. The molecule has 0 saturated carbocycles. The number of aryl methyl sites for hydroxylation is 1. The van der Waals surface area contributed by atoms with E-state index in [0.29, 0.717) is 5.69 Å². The van der Waals surface area contributed by atoms with Crippen LogP contribution in [0.2, 0.25) is 0 Å². The molecule has 0 aliphatic carbocycles. The largest absolute Gasteiger partial charge is 0.496 e. The molecule has 6 nitrogen and oxygen atoms in total. The highest BCUT2D eigenvalue weighted by atomic mass is 16.5. The normalized spacial score (nSPS) is 10.0. The minimum absolute atomic E-state index is 0.105. The molecule has 0 saturated heterocycles. The summed E-state index contributed by atoms with van der Waals surface area (Å²) >= 11 is 0. The van der Waals surface area contributed by atoms with Crippen molar-refractivity contribution in [1.29, 1.82) is 0 Å². The summed E-state index contributed by atoms with van der Waals surface area (Å²) in [6, 6.07) is 7.98. The monoisotopic (exact) mass is 286 g/mol. The fourth-order valence-electron chi connectivity index (χ4n) is 1.81. The number of aromatic nitrogens is 1. The number of carbonyl (C=O) groups is 2. The Morgan fingerprint density at radius 3 is 2.52 bits per heavy atom. The Morgan fingerprint density at radius 1 is 1.24 bits per heavy atom. The lowest BCUT2D eigenvalue weighted by atomic mass is 10.2. The van der Waals surface area contributed by atoms with Gasteiger partial charge in [-0.3, -0.25) is 4.79 Å². The number of methoxy groups -OCH3 is 1. The maximum Gasteiger partial charge on any atom is 0.354 e. The fourth-order valence-corrected chi connectivity index (χ4v) is 1.81. The van der Waals surface area contributed by atoms with Crippen molar-refractivity contribution >= 4 is 17.6 Å². The van der Waals surface area contributed by atoms with Gasteiger partial charge < -0.3 is 15.2 Å². The van der Waals surface area contributed by atoms with Crippen molar-refractivity contribution < 1.29 is 19.4 Å². The topological polar surface area (TPSA) is 88.5 Å². The van der Waals surface area contributed by atoms with Crippen LogP contribution in [0.4, 0.5) is 5.69 Å². The molecule has 0 radical (unpaired) electrons. The molecule has 21 heavy (non-hydrogen) atoms. The lowest BCUT2D eigenvalue weighted by molar-refractivity contribution is 0.0690. The van der Waals surface area contributed by atoms with Gasteiger partial charge in [0.05, 0.1) is 12.7 Å². The van der Waals surface area contributed by atoms with Crippen LogP contribution < -0.4 is 10.1 Å². The van der Waals surface area contributed by atoms with Gasteiger partial charge in [-0.05, 0) is 42.8 Å². The third-order valence-electron chi connectivity index (χ3n) is 2.90. The van der Waals surface area contributed by atoms with Gasteiger partial charge in [-0.2, -0.15) is 0 Å². The van der Waals surface area contributed by atoms with E-state index in [9.17, 15) is 9.59 Å². The highest BCUT2D eigenvalue weighted by Gasteiger charge is 2.10. The van der Waals surface area contributed by atoms with Crippen LogP contribution in [-0.2, 0) is 0 Å². The summed E-state index contributed by atoms with van der Waals surface area (Å²) in [6.07, 6.45) is 1.23. The molecule has 0 fully saturated rings. The lowest BCUT2D eigenvalue weighted by Gasteiger charge is -2.09. The Hall–Kier alpha value is -2.89. The molecule has 2 aromatic rings. The van der Waals surface area contributed by atoms with Gasteiger partial charge in [-0.1, -0.05) is 0 Å². The Balaban J connectivity index is 2.14. The first-order valence-electron chi connectivity index (χ1n) is 6.16. The number of carboxylic acids is 1. The van der Waals surface area contributed by atoms with Gasteiger partial charge in [0.15, 0.2) is 0 Å². The molecular formula is C15H14N2O4. The van der Waals surface area contributed by atoms with Crippen molar-refractivity contribution in [3.05, 3.63) is 53.3 Å². The zero-order chi connectivity index (χ0) is 15.4. The van der Waals surface area contributed by atoms with Crippen LogP contribution in [0.25, 0.3) is 0 Å². The number of carbonyl (C=O) groups excluding carboxylic acids is 1. The van der Waals surface area contributed by atoms with E-state index in [1.54, 1.807) is 25.3 Å². The van der Waals surface area contributed by atoms with E-state index in [0.717, 1.165) is 11.3 Å². The van der Waals surface area contributed by atoms with Crippen LogP contribution in [-0.4, -0.2) is 29.1 Å². The van der Waals surface area contributed by atoms with E-state index in [1.165, 1.54) is 18.3 Å². The predicted octanol–water partition coefficient (Wildman–Crippen LogP) is 2.35. The molecule has 108 valence electrons. The number of rotatable bonds is 4. The summed E-state index contributed by atoms with van der Waals surface area (Å²) in [7, 11) is 1.58. The van der Waals surface area contributed by atoms with E-state index in [1.807, 2.05) is 6.92 Å². The van der Waals surface area contributed by atoms with Crippen LogP contribution >= 0.6 is 0 Å². The minimum Gasteiger partial charge on any atom is -0.496 e. The van der Waals surface area contributed by atoms with Crippen LogP contribution in [0.3, 0.4) is 0 Å². The van der Waals surface area contributed by atoms with Gasteiger partial charge in [0.2, 0.25) is 0 Å². The van der Waals surface area contributed by atoms with Crippen molar-refractivity contribution in [2.45, 2.75) is 6.92 Å². The first-order valence-corrected chi connectivity index (χ1v) is 6.16. The van der Waals surface area contributed by atoms with E-state index in [4.69, 9.17) is 9.84 Å². The molecule has 0 spiro atoms. The van der Waals surface area contributed by atoms with Gasteiger partial charge >= 0.3 is 5.97 Å². The molecule has 1 heterocycles. The summed E-state index contributed by atoms with van der Waals surface area (Å²) in [5.41, 5.74) is 1.70. The molecule has 0 unspecified atom stereocenters. The van der Waals surface area contributed by atoms with Gasteiger partial charge in [0.25, 0.3) is 5.91 Å². The van der Waals surface area contributed by atoms with Crippen molar-refractivity contribution in [1.82, 2.24) is 4.98 Å². The highest BCUT2D eigenvalue weighted by Crippen LogP contribution is 2.21. The Morgan fingerprint density at radius 2 is 2.00 bits per heavy atom. The van der Waals surface area contributed by atoms with Crippen molar-refractivity contribution in [3.63, 3.8) is 0 Å². The highest BCUT2D eigenvalue weighted by molar-refractivity contribution is 6.04. The van der Waals surface area contributed by atoms with E-state index in [-0.39, 0.29) is 17.2 Å². The molecular weight excluding hydrogens is 272 g/mol. The van der Waals surface area contributed by atoms with Crippen molar-refractivity contribution in [3.8, 4) is 5.75 Å². The number of nitrogens with one attached hydrogen (secondary N) is 1. The molecule has 2 rings (SSSR count). The average Bonchev–Trinajstić information content (AvgIpc) is 2.47. The van der Waals surface area contributed by atoms with Gasteiger partial charge in [-0.15, -0.1) is 0 Å². The molecule has 1 aromatic carbocycles. The Bertz CT molecular complexity index is 681. The van der Waals surface area contributed by atoms with Crippen LogP contribution in [0, 0.1) is 6.92 Å². The van der Waals surface area contributed by atoms with E-state index < -0.39 is 5.97 Å². The number of pyridine rings is 1. The number of carboxylic acid groups (broad SMARTS) is 1. The summed E-state index contributed by atoms with van der Waals surface area (Å²) in [6.45, 7) is 1.87. The number of hydrogen-bond acceptors (Lipinski definition) is 4. The Labute approximate surface area is 121 Å². The first kappa shape index (κ1) is 14.5. The number of benzene rings is 1.